The van der Waals surface area contributed by atoms with E-state index in [0.29, 0.717) is 12.0 Å². The first kappa shape index (κ1) is 12.9. The van der Waals surface area contributed by atoms with Crippen LogP contribution in [-0.4, -0.2) is 0 Å². The molecule has 1 nitrogen and oxygen atoms in total. The molecule has 21 heavy (non-hydrogen) atoms. The fraction of sp³-hybridized carbons (Fsp3) is 0.400. The molecule has 0 aromatic heterocycles. The Morgan fingerprint density at radius 1 is 1.00 bits per heavy atom. The molecule has 1 aliphatic heterocycles. The van der Waals surface area contributed by atoms with Crippen LogP contribution in [0.15, 0.2) is 42.5 Å². The van der Waals surface area contributed by atoms with E-state index in [1.165, 1.54) is 40.8 Å². The van der Waals surface area contributed by atoms with Crippen LogP contribution in [0.5, 0.6) is 0 Å². The van der Waals surface area contributed by atoms with Crippen LogP contribution in [0.3, 0.4) is 0 Å². The fourth-order valence-electron chi connectivity index (χ4n) is 3.91. The Hall–Kier alpha value is -1.76. The number of rotatable bonds is 0. The monoisotopic (exact) mass is 277 g/mol. The Bertz CT molecular complexity index is 693. The molecule has 0 fully saturated rings. The molecule has 108 valence electrons. The summed E-state index contributed by atoms with van der Waals surface area (Å²) in [5.41, 5.74) is 7.57. The molecule has 2 aromatic carbocycles. The summed E-state index contributed by atoms with van der Waals surface area (Å²) in [5.74, 6) is 0.636. The molecule has 0 radical (unpaired) electrons. The van der Waals surface area contributed by atoms with E-state index in [1.54, 1.807) is 0 Å². The molecule has 2 aliphatic rings. The Labute approximate surface area is 127 Å². The second-order valence-electron chi connectivity index (χ2n) is 7.52. The number of hydrogen-bond donors (Lipinski definition) is 1. The maximum absolute atomic E-state index is 3.77. The van der Waals surface area contributed by atoms with Crippen molar-refractivity contribution in [3.8, 4) is 0 Å². The number of benzene rings is 2. The zero-order valence-electron chi connectivity index (χ0n) is 13.1. The average molecular weight is 277 g/mol. The van der Waals surface area contributed by atoms with E-state index < -0.39 is 0 Å². The molecular formula is C20H23N. The second kappa shape index (κ2) is 4.37. The summed E-state index contributed by atoms with van der Waals surface area (Å²) in [6.07, 6.45) is 2.47. The molecule has 2 aromatic rings. The molecule has 1 aliphatic carbocycles. The van der Waals surface area contributed by atoms with E-state index >= 15 is 0 Å². The maximum Gasteiger partial charge on any atom is 0.0586 e. The SMILES string of the molecule is CC(C)(C)c1ccc2c(c1)C1CCc3ccccc3C1N2. The lowest BCUT2D eigenvalue weighted by atomic mass is 9.77. The summed E-state index contributed by atoms with van der Waals surface area (Å²) >= 11 is 0. The van der Waals surface area contributed by atoms with Gasteiger partial charge in [-0.15, -0.1) is 0 Å². The lowest BCUT2D eigenvalue weighted by molar-refractivity contribution is 0.533. The largest absolute Gasteiger partial charge is 0.377 e. The van der Waals surface area contributed by atoms with Gasteiger partial charge in [0.25, 0.3) is 0 Å². The summed E-state index contributed by atoms with van der Waals surface area (Å²) in [6, 6.07) is 16.4. The highest BCUT2D eigenvalue weighted by molar-refractivity contribution is 5.63. The first-order chi connectivity index (χ1) is 10.0. The molecule has 0 spiro atoms. The van der Waals surface area contributed by atoms with Crippen molar-refractivity contribution in [2.24, 2.45) is 0 Å². The molecule has 0 amide bonds. The summed E-state index contributed by atoms with van der Waals surface area (Å²) in [6.45, 7) is 6.89. The first-order valence-corrected chi connectivity index (χ1v) is 8.03. The number of anilines is 1. The van der Waals surface area contributed by atoms with Crippen molar-refractivity contribution in [2.75, 3.05) is 5.32 Å². The third-order valence-electron chi connectivity index (χ3n) is 5.15. The molecule has 1 heterocycles. The van der Waals surface area contributed by atoms with Crippen molar-refractivity contribution in [1.82, 2.24) is 0 Å². The summed E-state index contributed by atoms with van der Waals surface area (Å²) in [5, 5.41) is 3.77. The van der Waals surface area contributed by atoms with Gasteiger partial charge < -0.3 is 5.32 Å². The van der Waals surface area contributed by atoms with Gasteiger partial charge >= 0.3 is 0 Å². The molecule has 2 unspecified atom stereocenters. The summed E-state index contributed by atoms with van der Waals surface area (Å²) in [4.78, 5) is 0. The Balaban J connectivity index is 1.78. The quantitative estimate of drug-likeness (QED) is 0.699. The lowest BCUT2D eigenvalue weighted by Gasteiger charge is -2.29. The van der Waals surface area contributed by atoms with Crippen molar-refractivity contribution in [1.29, 1.82) is 0 Å². The van der Waals surface area contributed by atoms with Gasteiger partial charge in [0.1, 0.15) is 0 Å². The van der Waals surface area contributed by atoms with Gasteiger partial charge in [-0.05, 0) is 46.6 Å². The number of fused-ring (bicyclic) bond motifs is 5. The van der Waals surface area contributed by atoms with Crippen LogP contribution in [0.4, 0.5) is 5.69 Å². The summed E-state index contributed by atoms with van der Waals surface area (Å²) in [7, 11) is 0. The molecule has 2 atom stereocenters. The number of aryl methyl sites for hydroxylation is 1. The van der Waals surface area contributed by atoms with Gasteiger partial charge in [0, 0.05) is 11.6 Å². The first-order valence-electron chi connectivity index (χ1n) is 8.03. The van der Waals surface area contributed by atoms with Gasteiger partial charge in [0.05, 0.1) is 6.04 Å². The van der Waals surface area contributed by atoms with Crippen LogP contribution >= 0.6 is 0 Å². The molecular weight excluding hydrogens is 254 g/mol. The van der Waals surface area contributed by atoms with Gasteiger partial charge in [-0.25, -0.2) is 0 Å². The van der Waals surface area contributed by atoms with Gasteiger partial charge in [-0.2, -0.15) is 0 Å². The minimum Gasteiger partial charge on any atom is -0.377 e. The third kappa shape index (κ3) is 1.98. The van der Waals surface area contributed by atoms with E-state index in [1.807, 2.05) is 0 Å². The second-order valence-corrected chi connectivity index (χ2v) is 7.52. The topological polar surface area (TPSA) is 12.0 Å². The predicted molar refractivity (Wildman–Crippen MR) is 89.0 cm³/mol. The molecule has 0 saturated carbocycles. The molecule has 0 bridgehead atoms. The zero-order valence-corrected chi connectivity index (χ0v) is 13.1. The third-order valence-corrected chi connectivity index (χ3v) is 5.15. The standard InChI is InChI=1S/C20H23N/c1-20(2,3)14-9-11-18-17(12-14)16-10-8-13-6-4-5-7-15(13)19(16)21-18/h4-7,9,11-12,16,19,21H,8,10H2,1-3H3. The van der Waals surface area contributed by atoms with E-state index in [0.717, 1.165) is 0 Å². The highest BCUT2D eigenvalue weighted by atomic mass is 15.0. The normalized spacial score (nSPS) is 23.0. The smallest absolute Gasteiger partial charge is 0.0586 e. The van der Waals surface area contributed by atoms with Crippen LogP contribution in [-0.2, 0) is 11.8 Å². The van der Waals surface area contributed by atoms with E-state index in [9.17, 15) is 0 Å². The van der Waals surface area contributed by atoms with E-state index in [4.69, 9.17) is 0 Å². The van der Waals surface area contributed by atoms with Crippen LogP contribution in [0.1, 0.15) is 61.4 Å². The van der Waals surface area contributed by atoms with Crippen molar-refractivity contribution in [3.05, 3.63) is 64.7 Å². The van der Waals surface area contributed by atoms with Crippen LogP contribution in [0, 0.1) is 0 Å². The van der Waals surface area contributed by atoms with Crippen molar-refractivity contribution in [3.63, 3.8) is 0 Å². The van der Waals surface area contributed by atoms with E-state index in [-0.39, 0.29) is 5.41 Å². The molecule has 1 N–H and O–H groups in total. The van der Waals surface area contributed by atoms with Crippen molar-refractivity contribution < 1.29 is 0 Å². The highest BCUT2D eigenvalue weighted by Crippen LogP contribution is 2.50. The molecule has 4 rings (SSSR count). The Morgan fingerprint density at radius 3 is 2.62 bits per heavy atom. The maximum atomic E-state index is 3.77. The van der Waals surface area contributed by atoms with Gasteiger partial charge in [-0.3, -0.25) is 0 Å². The van der Waals surface area contributed by atoms with Crippen molar-refractivity contribution >= 4 is 5.69 Å². The molecule has 1 heteroatoms. The predicted octanol–water partition coefficient (Wildman–Crippen LogP) is 5.18. The van der Waals surface area contributed by atoms with Crippen molar-refractivity contribution in [2.45, 2.75) is 51.0 Å². The fourth-order valence-corrected chi connectivity index (χ4v) is 3.91. The number of hydrogen-bond acceptors (Lipinski definition) is 1. The van der Waals surface area contributed by atoms with E-state index in [2.05, 4.69) is 68.6 Å². The number of nitrogens with one attached hydrogen (secondary N) is 1. The lowest BCUT2D eigenvalue weighted by Crippen LogP contribution is -2.19. The van der Waals surface area contributed by atoms with Gasteiger partial charge in [0.15, 0.2) is 0 Å². The zero-order chi connectivity index (χ0) is 14.6. The minimum atomic E-state index is 0.222. The molecule has 0 saturated heterocycles. The van der Waals surface area contributed by atoms with Gasteiger partial charge in [-0.1, -0.05) is 57.2 Å². The summed E-state index contributed by atoms with van der Waals surface area (Å²) < 4.78 is 0. The average Bonchev–Trinajstić information content (AvgIpc) is 2.84. The van der Waals surface area contributed by atoms with Crippen LogP contribution in [0.25, 0.3) is 0 Å². The Morgan fingerprint density at radius 2 is 1.81 bits per heavy atom. The van der Waals surface area contributed by atoms with Gasteiger partial charge in [0.2, 0.25) is 0 Å². The minimum absolute atomic E-state index is 0.222. The van der Waals surface area contributed by atoms with Crippen LogP contribution < -0.4 is 5.32 Å². The Kier molecular flexibility index (Phi) is 2.69. The highest BCUT2D eigenvalue weighted by Gasteiger charge is 2.37. The van der Waals surface area contributed by atoms with Crippen LogP contribution in [0.2, 0.25) is 0 Å².